The van der Waals surface area contributed by atoms with Gasteiger partial charge in [0.2, 0.25) is 0 Å². The zero-order chi connectivity index (χ0) is 8.69. The van der Waals surface area contributed by atoms with Crippen LogP contribution in [0.5, 0.6) is 0 Å². The highest BCUT2D eigenvalue weighted by atomic mass is 19.3. The lowest BCUT2D eigenvalue weighted by atomic mass is 10.1. The summed E-state index contributed by atoms with van der Waals surface area (Å²) in [5.74, 6) is 4.90. The number of allylic oxidation sites excluding steroid dienone is 1. The summed E-state index contributed by atoms with van der Waals surface area (Å²) < 4.78 is 23.9. The third-order valence-corrected chi connectivity index (χ3v) is 1.44. The molecule has 3 N–H and O–H groups in total. The van der Waals surface area contributed by atoms with E-state index in [4.69, 9.17) is 5.84 Å². The molecule has 0 spiro atoms. The molecule has 0 bridgehead atoms. The smallest absolute Gasteiger partial charge is 0.255 e. The van der Waals surface area contributed by atoms with Gasteiger partial charge in [-0.15, -0.1) is 6.58 Å². The second-order valence-corrected chi connectivity index (χ2v) is 2.33. The van der Waals surface area contributed by atoms with Gasteiger partial charge in [0.1, 0.15) is 0 Å². The van der Waals surface area contributed by atoms with E-state index in [2.05, 4.69) is 12.0 Å². The summed E-state index contributed by atoms with van der Waals surface area (Å²) in [5.41, 5.74) is 2.08. The van der Waals surface area contributed by atoms with Crippen LogP contribution in [-0.4, -0.2) is 12.5 Å². The second-order valence-electron chi connectivity index (χ2n) is 2.33. The molecule has 1 atom stereocenters. The van der Waals surface area contributed by atoms with Gasteiger partial charge in [-0.25, -0.2) is 8.78 Å². The normalized spacial score (nSPS) is 13.5. The minimum atomic E-state index is -2.38. The van der Waals surface area contributed by atoms with Crippen molar-refractivity contribution in [3.63, 3.8) is 0 Å². The van der Waals surface area contributed by atoms with Crippen LogP contribution in [0, 0.1) is 0 Å². The van der Waals surface area contributed by atoms with Crippen molar-refractivity contribution in [1.29, 1.82) is 0 Å². The van der Waals surface area contributed by atoms with Crippen LogP contribution in [0.1, 0.15) is 19.3 Å². The molecule has 0 aliphatic carbocycles. The summed E-state index contributed by atoms with van der Waals surface area (Å²) >= 11 is 0. The lowest BCUT2D eigenvalue weighted by Gasteiger charge is -2.13. The fourth-order valence-corrected chi connectivity index (χ4v) is 0.764. The highest BCUT2D eigenvalue weighted by Crippen LogP contribution is 2.08. The van der Waals surface area contributed by atoms with Gasteiger partial charge >= 0.3 is 0 Å². The molecule has 0 fully saturated rings. The largest absolute Gasteiger partial charge is 0.271 e. The molecule has 0 heterocycles. The van der Waals surface area contributed by atoms with E-state index < -0.39 is 12.5 Å². The zero-order valence-electron chi connectivity index (χ0n) is 6.39. The van der Waals surface area contributed by atoms with Crippen molar-refractivity contribution >= 4 is 0 Å². The number of nitrogens with two attached hydrogens (primary N) is 1. The maximum atomic E-state index is 12.0. The predicted octanol–water partition coefficient (Wildman–Crippen LogP) is 1.44. The van der Waals surface area contributed by atoms with Crippen LogP contribution in [0.15, 0.2) is 12.7 Å². The lowest BCUT2D eigenvalue weighted by molar-refractivity contribution is 0.0934. The number of hydrazine groups is 1. The number of unbranched alkanes of at least 4 members (excludes halogenated alkanes) is 1. The average Bonchev–Trinajstić information content (AvgIpc) is 1.97. The van der Waals surface area contributed by atoms with E-state index in [1.54, 1.807) is 6.08 Å². The maximum absolute atomic E-state index is 12.0. The molecule has 0 aromatic heterocycles. The quantitative estimate of drug-likeness (QED) is 0.270. The first kappa shape index (κ1) is 10.5. The number of rotatable bonds is 6. The fraction of sp³-hybridized carbons (Fsp3) is 0.714. The third-order valence-electron chi connectivity index (χ3n) is 1.44. The number of alkyl halides is 2. The van der Waals surface area contributed by atoms with E-state index in [0.29, 0.717) is 12.8 Å². The summed E-state index contributed by atoms with van der Waals surface area (Å²) in [7, 11) is 0. The first-order valence-electron chi connectivity index (χ1n) is 3.57. The third kappa shape index (κ3) is 4.86. The van der Waals surface area contributed by atoms with Gasteiger partial charge in [0.15, 0.2) is 0 Å². The highest BCUT2D eigenvalue weighted by molar-refractivity contribution is 4.71. The van der Waals surface area contributed by atoms with Crippen LogP contribution in [0.2, 0.25) is 0 Å². The van der Waals surface area contributed by atoms with Crippen LogP contribution in [-0.2, 0) is 0 Å². The maximum Gasteiger partial charge on any atom is 0.255 e. The van der Waals surface area contributed by atoms with Gasteiger partial charge in [0.25, 0.3) is 6.43 Å². The van der Waals surface area contributed by atoms with Crippen molar-refractivity contribution in [2.24, 2.45) is 5.84 Å². The van der Waals surface area contributed by atoms with Crippen LogP contribution in [0.4, 0.5) is 8.78 Å². The van der Waals surface area contributed by atoms with Gasteiger partial charge in [-0.05, 0) is 19.3 Å². The van der Waals surface area contributed by atoms with Gasteiger partial charge in [0.05, 0.1) is 6.04 Å². The van der Waals surface area contributed by atoms with Crippen LogP contribution in [0.25, 0.3) is 0 Å². The standard InChI is InChI=1S/C7H14F2N2/c1-2-3-4-5-6(11-10)7(8)9/h2,6-7,11H,1,3-5,10H2. The van der Waals surface area contributed by atoms with Gasteiger partial charge in [-0.1, -0.05) is 6.08 Å². The van der Waals surface area contributed by atoms with Crippen molar-refractivity contribution < 1.29 is 8.78 Å². The minimum Gasteiger partial charge on any atom is -0.271 e. The Kier molecular flexibility index (Phi) is 5.97. The summed E-state index contributed by atoms with van der Waals surface area (Å²) in [6, 6.07) is -0.880. The Bertz CT molecular complexity index is 107. The number of hydrogen-bond acceptors (Lipinski definition) is 2. The van der Waals surface area contributed by atoms with Gasteiger partial charge in [0, 0.05) is 0 Å². The second kappa shape index (κ2) is 6.24. The molecular formula is C7H14F2N2. The van der Waals surface area contributed by atoms with Crippen molar-refractivity contribution in [3.8, 4) is 0 Å². The van der Waals surface area contributed by atoms with Crippen molar-refractivity contribution in [2.75, 3.05) is 0 Å². The molecule has 0 aromatic carbocycles. The van der Waals surface area contributed by atoms with Gasteiger partial charge < -0.3 is 0 Å². The van der Waals surface area contributed by atoms with E-state index in [9.17, 15) is 8.78 Å². The Morgan fingerprint density at radius 2 is 2.18 bits per heavy atom. The Balaban J connectivity index is 3.43. The van der Waals surface area contributed by atoms with Gasteiger partial charge in [-0.2, -0.15) is 0 Å². The van der Waals surface area contributed by atoms with Crippen molar-refractivity contribution in [3.05, 3.63) is 12.7 Å². The van der Waals surface area contributed by atoms with E-state index >= 15 is 0 Å². The predicted molar refractivity (Wildman–Crippen MR) is 41.2 cm³/mol. The minimum absolute atomic E-state index is 0.389. The van der Waals surface area contributed by atoms with Crippen LogP contribution < -0.4 is 11.3 Å². The summed E-state index contributed by atoms with van der Waals surface area (Å²) in [6.07, 6.45) is 1.16. The molecule has 0 saturated carbocycles. The molecule has 1 unspecified atom stereocenters. The van der Waals surface area contributed by atoms with Gasteiger partial charge in [-0.3, -0.25) is 11.3 Å². The molecule has 0 radical (unpaired) electrons. The van der Waals surface area contributed by atoms with Crippen molar-refractivity contribution in [1.82, 2.24) is 5.43 Å². The molecule has 0 aromatic rings. The zero-order valence-corrected chi connectivity index (χ0v) is 6.39. The molecule has 0 saturated heterocycles. The molecule has 0 aliphatic heterocycles. The SMILES string of the molecule is C=CCCCC(NN)C(F)F. The molecule has 66 valence electrons. The van der Waals surface area contributed by atoms with E-state index in [-0.39, 0.29) is 0 Å². The summed E-state index contributed by atoms with van der Waals surface area (Å²) in [5, 5.41) is 0. The van der Waals surface area contributed by atoms with E-state index in [1.165, 1.54) is 0 Å². The molecule has 0 aliphatic rings. The molecule has 2 nitrogen and oxygen atoms in total. The topological polar surface area (TPSA) is 38.0 Å². The monoisotopic (exact) mass is 164 g/mol. The molecule has 0 rings (SSSR count). The molecule has 4 heteroatoms. The number of nitrogens with one attached hydrogen (secondary N) is 1. The number of hydrogen-bond donors (Lipinski definition) is 2. The van der Waals surface area contributed by atoms with E-state index in [0.717, 1.165) is 6.42 Å². The van der Waals surface area contributed by atoms with E-state index in [1.807, 2.05) is 0 Å². The Morgan fingerprint density at radius 3 is 2.55 bits per heavy atom. The Labute approximate surface area is 65.4 Å². The highest BCUT2D eigenvalue weighted by Gasteiger charge is 2.16. The first-order chi connectivity index (χ1) is 5.22. The summed E-state index contributed by atoms with van der Waals surface area (Å²) in [6.45, 7) is 3.49. The number of halogens is 2. The molecule has 11 heavy (non-hydrogen) atoms. The summed E-state index contributed by atoms with van der Waals surface area (Å²) in [4.78, 5) is 0. The van der Waals surface area contributed by atoms with Crippen LogP contribution in [0.3, 0.4) is 0 Å². The van der Waals surface area contributed by atoms with Crippen molar-refractivity contribution in [2.45, 2.75) is 31.7 Å². The molecular weight excluding hydrogens is 150 g/mol. The molecule has 0 amide bonds. The Morgan fingerprint density at radius 1 is 1.55 bits per heavy atom. The van der Waals surface area contributed by atoms with Crippen LogP contribution >= 0.6 is 0 Å². The fourth-order valence-electron chi connectivity index (χ4n) is 0.764. The first-order valence-corrected chi connectivity index (χ1v) is 3.57. The Hall–Kier alpha value is -0.480. The lowest BCUT2D eigenvalue weighted by Crippen LogP contribution is -2.40. The average molecular weight is 164 g/mol.